The lowest BCUT2D eigenvalue weighted by Gasteiger charge is -2.23. The maximum atomic E-state index is 3.68. The fourth-order valence-corrected chi connectivity index (χ4v) is 5.11. The van der Waals surface area contributed by atoms with Gasteiger partial charge in [0.2, 0.25) is 0 Å². The third kappa shape index (κ3) is 12.6. The standard InChI is InChI=1S/C39H60N4/c1-37(2,3)34-16-10-31(11-17-34)28-40-22-25-43(26-23-41-29-32-12-18-35(19-13-32)38(4,5)6)27-24-42-30-33-14-20-36(21-15-33)39(7,8)9/h10-21,40-42H,22-30H2,1-9H3. The second-order valence-electron chi connectivity index (χ2n) is 15.2. The zero-order valence-electron chi connectivity index (χ0n) is 28.7. The molecule has 3 rings (SSSR count). The van der Waals surface area contributed by atoms with E-state index < -0.39 is 0 Å². The summed E-state index contributed by atoms with van der Waals surface area (Å²) in [5, 5.41) is 11.0. The first-order chi connectivity index (χ1) is 20.2. The maximum absolute atomic E-state index is 3.68. The molecule has 0 aliphatic rings. The van der Waals surface area contributed by atoms with Crippen molar-refractivity contribution >= 4 is 0 Å². The van der Waals surface area contributed by atoms with Crippen molar-refractivity contribution in [2.24, 2.45) is 0 Å². The summed E-state index contributed by atoms with van der Waals surface area (Å²) < 4.78 is 0. The lowest BCUT2D eigenvalue weighted by molar-refractivity contribution is 0.271. The molecular weight excluding hydrogens is 524 g/mol. The van der Waals surface area contributed by atoms with Crippen LogP contribution in [0.5, 0.6) is 0 Å². The van der Waals surface area contributed by atoms with Crippen LogP contribution in [0.15, 0.2) is 72.8 Å². The number of nitrogens with zero attached hydrogens (tertiary/aromatic N) is 1. The van der Waals surface area contributed by atoms with Gasteiger partial charge >= 0.3 is 0 Å². The highest BCUT2D eigenvalue weighted by atomic mass is 15.2. The van der Waals surface area contributed by atoms with E-state index in [2.05, 4.69) is 156 Å². The van der Waals surface area contributed by atoms with E-state index in [-0.39, 0.29) is 16.2 Å². The Bertz CT molecular complexity index is 1040. The first kappa shape index (κ1) is 35.0. The Morgan fingerprint density at radius 2 is 0.628 bits per heavy atom. The minimum atomic E-state index is 0.195. The van der Waals surface area contributed by atoms with E-state index in [9.17, 15) is 0 Å². The number of hydrogen-bond acceptors (Lipinski definition) is 4. The van der Waals surface area contributed by atoms with Crippen LogP contribution in [0.1, 0.15) is 95.7 Å². The van der Waals surface area contributed by atoms with Gasteiger partial charge in [0.25, 0.3) is 0 Å². The quantitative estimate of drug-likeness (QED) is 0.161. The molecule has 3 aromatic rings. The van der Waals surface area contributed by atoms with Crippen molar-refractivity contribution < 1.29 is 0 Å². The highest BCUT2D eigenvalue weighted by Gasteiger charge is 2.15. The molecule has 0 aliphatic carbocycles. The van der Waals surface area contributed by atoms with E-state index in [0.29, 0.717) is 0 Å². The molecular formula is C39H60N4. The molecule has 4 heteroatoms. The van der Waals surface area contributed by atoms with Crippen LogP contribution in [0.2, 0.25) is 0 Å². The minimum absolute atomic E-state index is 0.195. The Morgan fingerprint density at radius 3 is 0.837 bits per heavy atom. The van der Waals surface area contributed by atoms with Crippen LogP contribution in [0.4, 0.5) is 0 Å². The van der Waals surface area contributed by atoms with Gasteiger partial charge in [-0.2, -0.15) is 0 Å². The second-order valence-corrected chi connectivity index (χ2v) is 15.2. The molecule has 236 valence electrons. The highest BCUT2D eigenvalue weighted by Crippen LogP contribution is 2.24. The average Bonchev–Trinajstić information content (AvgIpc) is 2.94. The lowest BCUT2D eigenvalue weighted by Crippen LogP contribution is -2.40. The van der Waals surface area contributed by atoms with Gasteiger partial charge < -0.3 is 16.0 Å². The van der Waals surface area contributed by atoms with Crippen molar-refractivity contribution in [1.29, 1.82) is 0 Å². The third-order valence-corrected chi connectivity index (χ3v) is 8.26. The molecule has 0 fully saturated rings. The van der Waals surface area contributed by atoms with Crippen molar-refractivity contribution in [1.82, 2.24) is 20.9 Å². The summed E-state index contributed by atoms with van der Waals surface area (Å²) in [6.45, 7) is 29.2. The van der Waals surface area contributed by atoms with E-state index in [4.69, 9.17) is 0 Å². The monoisotopic (exact) mass is 584 g/mol. The topological polar surface area (TPSA) is 39.3 Å². The van der Waals surface area contributed by atoms with Crippen molar-refractivity contribution in [3.05, 3.63) is 106 Å². The van der Waals surface area contributed by atoms with Crippen molar-refractivity contribution in [3.63, 3.8) is 0 Å². The largest absolute Gasteiger partial charge is 0.311 e. The Balaban J connectivity index is 1.45. The zero-order chi connectivity index (χ0) is 31.5. The fourth-order valence-electron chi connectivity index (χ4n) is 5.11. The van der Waals surface area contributed by atoms with Crippen molar-refractivity contribution in [2.75, 3.05) is 39.3 Å². The van der Waals surface area contributed by atoms with Gasteiger partial charge in [-0.3, -0.25) is 4.90 Å². The van der Waals surface area contributed by atoms with E-state index in [1.54, 1.807) is 0 Å². The van der Waals surface area contributed by atoms with Gasteiger partial charge in [0.1, 0.15) is 0 Å². The zero-order valence-corrected chi connectivity index (χ0v) is 28.7. The Morgan fingerprint density at radius 1 is 0.395 bits per heavy atom. The molecule has 0 radical (unpaired) electrons. The molecule has 43 heavy (non-hydrogen) atoms. The number of benzene rings is 3. The molecule has 0 spiro atoms. The molecule has 0 unspecified atom stereocenters. The first-order valence-corrected chi connectivity index (χ1v) is 16.3. The Hall–Kier alpha value is -2.50. The van der Waals surface area contributed by atoms with E-state index >= 15 is 0 Å². The molecule has 3 N–H and O–H groups in total. The summed E-state index contributed by atoms with van der Waals surface area (Å²) >= 11 is 0. The molecule has 0 bridgehead atoms. The molecule has 0 saturated carbocycles. The van der Waals surface area contributed by atoms with E-state index in [1.165, 1.54) is 33.4 Å². The number of rotatable bonds is 15. The Kier molecular flexibility index (Phi) is 13.0. The molecule has 0 saturated heterocycles. The summed E-state index contributed by atoms with van der Waals surface area (Å²) in [7, 11) is 0. The summed E-state index contributed by atoms with van der Waals surface area (Å²) in [5.41, 5.74) is 8.78. The van der Waals surface area contributed by atoms with Crippen LogP contribution in [-0.4, -0.2) is 44.2 Å². The van der Waals surface area contributed by atoms with Gasteiger partial charge in [-0.25, -0.2) is 0 Å². The van der Waals surface area contributed by atoms with Gasteiger partial charge in [0.05, 0.1) is 0 Å². The van der Waals surface area contributed by atoms with Crippen molar-refractivity contribution in [2.45, 2.75) is 98.2 Å². The molecule has 4 nitrogen and oxygen atoms in total. The normalized spacial score (nSPS) is 12.7. The van der Waals surface area contributed by atoms with E-state index in [1.807, 2.05) is 0 Å². The summed E-state index contributed by atoms with van der Waals surface area (Å²) in [4.78, 5) is 2.57. The van der Waals surface area contributed by atoms with Crippen molar-refractivity contribution in [3.8, 4) is 0 Å². The molecule has 0 heterocycles. The molecule has 0 atom stereocenters. The van der Waals surface area contributed by atoms with Gasteiger partial charge in [-0.1, -0.05) is 135 Å². The Labute approximate surface area is 264 Å². The summed E-state index contributed by atoms with van der Waals surface area (Å²) in [6, 6.07) is 27.2. The van der Waals surface area contributed by atoms with Gasteiger partial charge in [-0.15, -0.1) is 0 Å². The van der Waals surface area contributed by atoms with Crippen LogP contribution in [0.3, 0.4) is 0 Å². The highest BCUT2D eigenvalue weighted by molar-refractivity contribution is 5.29. The number of hydrogen-bond donors (Lipinski definition) is 3. The predicted molar refractivity (Wildman–Crippen MR) is 187 cm³/mol. The molecule has 0 aliphatic heterocycles. The third-order valence-electron chi connectivity index (χ3n) is 8.26. The van der Waals surface area contributed by atoms with Gasteiger partial charge in [0, 0.05) is 58.9 Å². The number of nitrogens with one attached hydrogen (secondary N) is 3. The van der Waals surface area contributed by atoms with Gasteiger partial charge in [0.15, 0.2) is 0 Å². The van der Waals surface area contributed by atoms with Crippen LogP contribution < -0.4 is 16.0 Å². The summed E-state index contributed by atoms with van der Waals surface area (Å²) in [6.07, 6.45) is 0. The molecule has 0 aromatic heterocycles. The molecule has 0 amide bonds. The minimum Gasteiger partial charge on any atom is -0.311 e. The average molecular weight is 585 g/mol. The smallest absolute Gasteiger partial charge is 0.0206 e. The summed E-state index contributed by atoms with van der Waals surface area (Å²) in [5.74, 6) is 0. The van der Waals surface area contributed by atoms with E-state index in [0.717, 1.165) is 58.9 Å². The predicted octanol–water partition coefficient (Wildman–Crippen LogP) is 7.55. The maximum Gasteiger partial charge on any atom is 0.0206 e. The lowest BCUT2D eigenvalue weighted by atomic mass is 9.87. The second kappa shape index (κ2) is 16.0. The first-order valence-electron chi connectivity index (χ1n) is 16.3. The van der Waals surface area contributed by atoms with Crippen LogP contribution in [0.25, 0.3) is 0 Å². The van der Waals surface area contributed by atoms with Crippen LogP contribution in [-0.2, 0) is 35.9 Å². The van der Waals surface area contributed by atoms with Crippen LogP contribution in [0, 0.1) is 0 Å². The molecule has 3 aromatic carbocycles. The SMILES string of the molecule is CC(C)(C)c1ccc(CNCCN(CCNCc2ccc(C(C)(C)C)cc2)CCNCc2ccc(C(C)(C)C)cc2)cc1. The fraction of sp³-hybridized carbons (Fsp3) is 0.538. The van der Waals surface area contributed by atoms with Gasteiger partial charge in [-0.05, 0) is 49.6 Å². The van der Waals surface area contributed by atoms with Crippen LogP contribution >= 0.6 is 0 Å².